The van der Waals surface area contributed by atoms with Gasteiger partial charge in [0.15, 0.2) is 12.9 Å². The number of carbonyl (C=O) groups is 1. The van der Waals surface area contributed by atoms with Crippen LogP contribution in [0.4, 0.5) is 0 Å². The van der Waals surface area contributed by atoms with Gasteiger partial charge in [0, 0.05) is 0 Å². The molecule has 1 atom stereocenters. The first kappa shape index (κ1) is 5.73. The molecule has 0 bridgehead atoms. The summed E-state index contributed by atoms with van der Waals surface area (Å²) in [6.45, 7) is -0.0675. The summed E-state index contributed by atoms with van der Waals surface area (Å²) in [5.74, 6) is 0. The van der Waals surface area contributed by atoms with Gasteiger partial charge in [-0.2, -0.15) is 0 Å². The van der Waals surface area contributed by atoms with Crippen LogP contribution >= 0.6 is 8.69 Å². The molecule has 3 nitrogen and oxygen atoms in total. The molecule has 0 spiro atoms. The third-order valence-electron chi connectivity index (χ3n) is 0.210. The first-order valence-corrected chi connectivity index (χ1v) is 2.16. The molecule has 4 heteroatoms. The van der Waals surface area contributed by atoms with E-state index in [9.17, 15) is 9.36 Å². The van der Waals surface area contributed by atoms with Gasteiger partial charge in [0.1, 0.15) is 0 Å². The average Bonchev–Trinajstić information content (AvgIpc) is 1.61. The van der Waals surface area contributed by atoms with Crippen LogP contribution in [-0.2, 0) is 13.9 Å². The zero-order valence-electron chi connectivity index (χ0n) is 3.01. The molecule has 0 rings (SSSR count). The molecule has 0 aliphatic rings. The molecule has 0 aliphatic heterocycles. The number of carbonyl (C=O) groups excluding carboxylic acids is 1. The Labute approximate surface area is 36.6 Å². The molecular formula is C2H4O3P+. The monoisotopic (exact) mass is 107 g/mol. The summed E-state index contributed by atoms with van der Waals surface area (Å²) < 4.78 is 13.4. The van der Waals surface area contributed by atoms with Crippen LogP contribution in [0.2, 0.25) is 0 Å². The molecule has 6 heavy (non-hydrogen) atoms. The van der Waals surface area contributed by atoms with E-state index in [-0.39, 0.29) is 6.61 Å². The fraction of sp³-hybridized carbons (Fsp3) is 0.500. The summed E-state index contributed by atoms with van der Waals surface area (Å²) in [5.41, 5.74) is 0. The van der Waals surface area contributed by atoms with E-state index >= 15 is 0 Å². The van der Waals surface area contributed by atoms with Gasteiger partial charge in [-0.3, -0.25) is 0 Å². The van der Waals surface area contributed by atoms with Gasteiger partial charge in [-0.15, -0.1) is 4.52 Å². The van der Waals surface area contributed by atoms with Gasteiger partial charge in [-0.25, -0.2) is 0 Å². The lowest BCUT2D eigenvalue weighted by Crippen LogP contribution is -1.79. The van der Waals surface area contributed by atoms with E-state index in [1.807, 2.05) is 0 Å². The molecule has 1 unspecified atom stereocenters. The Morgan fingerprint density at radius 3 is 2.67 bits per heavy atom. The highest BCUT2D eigenvalue weighted by atomic mass is 31.1. The van der Waals surface area contributed by atoms with Crippen LogP contribution < -0.4 is 0 Å². The largest absolute Gasteiger partial charge is 0.494 e. The van der Waals surface area contributed by atoms with Crippen molar-refractivity contribution >= 4 is 15.0 Å². The molecule has 0 saturated heterocycles. The van der Waals surface area contributed by atoms with Crippen molar-refractivity contribution in [2.45, 2.75) is 0 Å². The first-order valence-electron chi connectivity index (χ1n) is 1.34. The van der Waals surface area contributed by atoms with E-state index in [1.54, 1.807) is 0 Å². The SMILES string of the molecule is O=CCO[PH+]=O. The predicted octanol–water partition coefficient (Wildman–Crippen LogP) is 0.141. The smallest absolute Gasteiger partial charge is 0.301 e. The minimum Gasteiger partial charge on any atom is -0.301 e. The Kier molecular flexibility index (Phi) is 4.52. The highest BCUT2D eigenvalue weighted by Gasteiger charge is 1.83. The van der Waals surface area contributed by atoms with Gasteiger partial charge in [-0.1, -0.05) is 0 Å². The summed E-state index contributed by atoms with van der Waals surface area (Å²) >= 11 is 0. The minimum absolute atomic E-state index is 0.0675. The minimum atomic E-state index is -0.817. The maximum Gasteiger partial charge on any atom is 0.494 e. The maximum absolute atomic E-state index is 9.34. The van der Waals surface area contributed by atoms with Gasteiger partial charge in [-0.05, 0) is 4.57 Å². The Hall–Kier alpha value is -0.270. The maximum atomic E-state index is 9.34. The van der Waals surface area contributed by atoms with Crippen molar-refractivity contribution in [3.8, 4) is 0 Å². The zero-order chi connectivity index (χ0) is 4.83. The van der Waals surface area contributed by atoms with Crippen molar-refractivity contribution in [1.82, 2.24) is 0 Å². The van der Waals surface area contributed by atoms with Crippen LogP contribution in [0.3, 0.4) is 0 Å². The molecule has 34 valence electrons. The molecule has 0 aromatic carbocycles. The molecule has 0 fully saturated rings. The molecule has 0 radical (unpaired) electrons. The van der Waals surface area contributed by atoms with Crippen molar-refractivity contribution in [3.63, 3.8) is 0 Å². The lowest BCUT2D eigenvalue weighted by atomic mass is 10.9. The van der Waals surface area contributed by atoms with Crippen LogP contribution in [0.25, 0.3) is 0 Å². The fourth-order valence-corrected chi connectivity index (χ4v) is 0.204. The molecular weight excluding hydrogens is 103 g/mol. The molecule has 0 amide bonds. The van der Waals surface area contributed by atoms with Gasteiger partial charge in [0.25, 0.3) is 0 Å². The van der Waals surface area contributed by atoms with Crippen molar-refractivity contribution in [2.24, 2.45) is 0 Å². The van der Waals surface area contributed by atoms with Crippen molar-refractivity contribution in [2.75, 3.05) is 6.61 Å². The number of hydrogen-bond donors (Lipinski definition) is 0. The Balaban J connectivity index is 2.66. The fourth-order valence-electron chi connectivity index (χ4n) is 0.0680. The molecule has 0 saturated carbocycles. The third kappa shape index (κ3) is 3.73. The van der Waals surface area contributed by atoms with Crippen LogP contribution in [0.1, 0.15) is 0 Å². The third-order valence-corrected chi connectivity index (χ3v) is 0.495. The highest BCUT2D eigenvalue weighted by Crippen LogP contribution is 1.88. The van der Waals surface area contributed by atoms with E-state index in [2.05, 4.69) is 4.52 Å². The van der Waals surface area contributed by atoms with Crippen LogP contribution in [0.15, 0.2) is 0 Å². The van der Waals surface area contributed by atoms with E-state index < -0.39 is 8.69 Å². The number of aldehydes is 1. The highest BCUT2D eigenvalue weighted by molar-refractivity contribution is 7.17. The quantitative estimate of drug-likeness (QED) is 0.292. The van der Waals surface area contributed by atoms with Gasteiger partial charge >= 0.3 is 8.69 Å². The first-order chi connectivity index (χ1) is 2.91. The van der Waals surface area contributed by atoms with Gasteiger partial charge in [0.2, 0.25) is 0 Å². The van der Waals surface area contributed by atoms with Crippen molar-refractivity contribution in [1.29, 1.82) is 0 Å². The predicted molar refractivity (Wildman–Crippen MR) is 21.0 cm³/mol. The second-order valence-corrected chi connectivity index (χ2v) is 1.02. The van der Waals surface area contributed by atoms with Gasteiger partial charge in [0.05, 0.1) is 0 Å². The van der Waals surface area contributed by atoms with Crippen LogP contribution in [0, 0.1) is 0 Å². The molecule has 0 heterocycles. The molecule has 0 aromatic heterocycles. The second kappa shape index (κ2) is 4.73. The van der Waals surface area contributed by atoms with Crippen LogP contribution in [-0.4, -0.2) is 12.9 Å². The van der Waals surface area contributed by atoms with E-state index in [1.165, 1.54) is 0 Å². The van der Waals surface area contributed by atoms with Gasteiger partial charge < -0.3 is 4.79 Å². The second-order valence-electron chi connectivity index (χ2n) is 0.561. The van der Waals surface area contributed by atoms with E-state index in [0.717, 1.165) is 0 Å². The van der Waals surface area contributed by atoms with E-state index in [4.69, 9.17) is 0 Å². The summed E-state index contributed by atoms with van der Waals surface area (Å²) in [6.07, 6.45) is 0.547. The Morgan fingerprint density at radius 2 is 2.50 bits per heavy atom. The Morgan fingerprint density at radius 1 is 1.83 bits per heavy atom. The van der Waals surface area contributed by atoms with Crippen LogP contribution in [0.5, 0.6) is 0 Å². The summed E-state index contributed by atoms with van der Waals surface area (Å²) in [6, 6.07) is 0. The average molecular weight is 107 g/mol. The number of rotatable bonds is 3. The lowest BCUT2D eigenvalue weighted by Gasteiger charge is -1.63. The molecule has 0 N–H and O–H groups in total. The Bertz CT molecular complexity index is 44.8. The molecule has 0 aromatic rings. The summed E-state index contributed by atoms with van der Waals surface area (Å²) in [5, 5.41) is 0. The van der Waals surface area contributed by atoms with Crippen molar-refractivity contribution in [3.05, 3.63) is 0 Å². The van der Waals surface area contributed by atoms with E-state index in [0.29, 0.717) is 6.29 Å². The topological polar surface area (TPSA) is 43.4 Å². The lowest BCUT2D eigenvalue weighted by molar-refractivity contribution is -0.109. The summed E-state index contributed by atoms with van der Waals surface area (Å²) in [4.78, 5) is 9.30. The summed E-state index contributed by atoms with van der Waals surface area (Å²) in [7, 11) is -0.817. The molecule has 0 aliphatic carbocycles. The normalized spacial score (nSPS) is 8.67. The van der Waals surface area contributed by atoms with Crippen molar-refractivity contribution < 1.29 is 13.9 Å². The zero-order valence-corrected chi connectivity index (χ0v) is 4.01. The standard InChI is InChI=1S/C2H4O3P/c3-1-2-5-6-4/h1,6H,2H2/q+1. The number of hydrogen-bond acceptors (Lipinski definition) is 3.